The molecule has 1 aliphatic heterocycles. The van der Waals surface area contributed by atoms with E-state index in [1.807, 2.05) is 30.3 Å². The van der Waals surface area contributed by atoms with Crippen molar-refractivity contribution >= 4 is 34.1 Å². The van der Waals surface area contributed by atoms with Gasteiger partial charge in [-0.3, -0.25) is 9.69 Å². The second-order valence-electron chi connectivity index (χ2n) is 7.27. The maximum atomic E-state index is 12.6. The number of rotatable bonds is 4. The highest BCUT2D eigenvalue weighted by molar-refractivity contribution is 6.29. The first-order valence-electron chi connectivity index (χ1n) is 9.44. The summed E-state index contributed by atoms with van der Waals surface area (Å²) in [5.41, 5.74) is 3.42. The summed E-state index contributed by atoms with van der Waals surface area (Å²) in [6.45, 7) is 5.36. The third-order valence-electron chi connectivity index (χ3n) is 5.13. The summed E-state index contributed by atoms with van der Waals surface area (Å²) >= 11 is 5.91. The molecule has 1 aromatic heterocycles. The van der Waals surface area contributed by atoms with Gasteiger partial charge in [0.1, 0.15) is 5.15 Å². The summed E-state index contributed by atoms with van der Waals surface area (Å²) in [6, 6.07) is 17.1. The minimum atomic E-state index is -0.135. The molecule has 1 fully saturated rings. The number of carbonyl (C=O) groups is 1. The number of hydrogen-bond acceptors (Lipinski definition) is 4. The summed E-state index contributed by atoms with van der Waals surface area (Å²) < 4.78 is 0. The van der Waals surface area contributed by atoms with Crippen LogP contribution in [0.1, 0.15) is 15.9 Å². The fourth-order valence-electron chi connectivity index (χ4n) is 3.40. The number of benzene rings is 2. The van der Waals surface area contributed by atoms with Crippen LogP contribution >= 0.6 is 11.6 Å². The van der Waals surface area contributed by atoms with Crippen molar-refractivity contribution in [1.29, 1.82) is 0 Å². The number of piperazine rings is 1. The first-order valence-corrected chi connectivity index (χ1v) is 9.82. The van der Waals surface area contributed by atoms with Crippen LogP contribution in [0.15, 0.2) is 54.6 Å². The van der Waals surface area contributed by atoms with Gasteiger partial charge in [0.05, 0.1) is 5.52 Å². The normalized spacial score (nSPS) is 15.6. The van der Waals surface area contributed by atoms with Crippen molar-refractivity contribution < 1.29 is 4.79 Å². The highest BCUT2D eigenvalue weighted by Crippen LogP contribution is 2.19. The summed E-state index contributed by atoms with van der Waals surface area (Å²) in [5, 5.41) is 4.30. The molecule has 0 atom stereocenters. The largest absolute Gasteiger partial charge is 0.322 e. The number of anilines is 1. The Bertz CT molecular complexity index is 981. The molecule has 2 aromatic carbocycles. The number of nitrogens with one attached hydrogen (secondary N) is 1. The van der Waals surface area contributed by atoms with E-state index in [0.717, 1.165) is 49.3 Å². The van der Waals surface area contributed by atoms with Crippen LogP contribution in [0.25, 0.3) is 10.9 Å². The quantitative estimate of drug-likeness (QED) is 0.682. The first-order chi connectivity index (χ1) is 13.6. The zero-order valence-corrected chi connectivity index (χ0v) is 16.6. The molecule has 144 valence electrons. The molecule has 0 saturated carbocycles. The minimum Gasteiger partial charge on any atom is -0.322 e. The van der Waals surface area contributed by atoms with Crippen LogP contribution in [0.4, 0.5) is 5.69 Å². The van der Waals surface area contributed by atoms with E-state index in [2.05, 4.69) is 39.3 Å². The molecule has 0 aliphatic carbocycles. The highest BCUT2D eigenvalue weighted by atomic mass is 35.5. The van der Waals surface area contributed by atoms with Gasteiger partial charge in [-0.15, -0.1) is 0 Å². The molecule has 1 N–H and O–H groups in total. The Morgan fingerprint density at radius 2 is 1.79 bits per heavy atom. The number of hydrogen-bond donors (Lipinski definition) is 1. The lowest BCUT2D eigenvalue weighted by molar-refractivity contribution is 0.102. The Hall–Kier alpha value is -2.47. The Balaban J connectivity index is 1.39. The van der Waals surface area contributed by atoms with E-state index in [4.69, 9.17) is 11.6 Å². The molecule has 0 spiro atoms. The monoisotopic (exact) mass is 394 g/mol. The van der Waals surface area contributed by atoms with E-state index in [1.54, 1.807) is 12.1 Å². The second kappa shape index (κ2) is 8.27. The van der Waals surface area contributed by atoms with E-state index in [-0.39, 0.29) is 5.91 Å². The molecular formula is C22H23ClN4O. The Labute approximate surface area is 169 Å². The summed E-state index contributed by atoms with van der Waals surface area (Å²) in [6.07, 6.45) is 0. The number of nitrogens with zero attached hydrogens (tertiary/aromatic N) is 3. The third kappa shape index (κ3) is 4.50. The Morgan fingerprint density at radius 1 is 1.04 bits per heavy atom. The van der Waals surface area contributed by atoms with Crippen LogP contribution in [-0.2, 0) is 6.54 Å². The molecule has 0 bridgehead atoms. The molecule has 0 unspecified atom stereocenters. The molecule has 28 heavy (non-hydrogen) atoms. The minimum absolute atomic E-state index is 0.135. The number of fused-ring (bicyclic) bond motifs is 1. The van der Waals surface area contributed by atoms with E-state index in [1.165, 1.54) is 5.56 Å². The van der Waals surface area contributed by atoms with Gasteiger partial charge in [0, 0.05) is 49.4 Å². The molecule has 4 rings (SSSR count). The average molecular weight is 395 g/mol. The Kier molecular flexibility index (Phi) is 5.57. The summed E-state index contributed by atoms with van der Waals surface area (Å²) in [5.74, 6) is -0.135. The number of likely N-dealkylation sites (N-methyl/N-ethyl adjacent to an activating group) is 1. The van der Waals surface area contributed by atoms with Crippen molar-refractivity contribution in [3.05, 3.63) is 70.9 Å². The first kappa shape index (κ1) is 18.9. The second-order valence-corrected chi connectivity index (χ2v) is 7.66. The van der Waals surface area contributed by atoms with Crippen molar-refractivity contribution in [3.63, 3.8) is 0 Å². The van der Waals surface area contributed by atoms with Gasteiger partial charge < -0.3 is 10.2 Å². The van der Waals surface area contributed by atoms with Gasteiger partial charge >= 0.3 is 0 Å². The van der Waals surface area contributed by atoms with Gasteiger partial charge in [0.25, 0.3) is 5.91 Å². The van der Waals surface area contributed by atoms with Gasteiger partial charge in [-0.05, 0) is 55.1 Å². The summed E-state index contributed by atoms with van der Waals surface area (Å²) in [4.78, 5) is 21.7. The van der Waals surface area contributed by atoms with Crippen LogP contribution < -0.4 is 5.32 Å². The number of aromatic nitrogens is 1. The third-order valence-corrected chi connectivity index (χ3v) is 5.34. The summed E-state index contributed by atoms with van der Waals surface area (Å²) in [7, 11) is 2.16. The standard InChI is InChI=1S/C22H23ClN4O/c1-26-10-12-27(13-11-26)15-16-2-6-19(7-3-16)24-22(28)18-4-8-20-17(14-18)5-9-21(23)25-20/h2-9,14H,10-13,15H2,1H3,(H,24,28). The molecule has 6 heteroatoms. The molecule has 5 nitrogen and oxygen atoms in total. The van der Waals surface area contributed by atoms with Gasteiger partial charge in [0.15, 0.2) is 0 Å². The number of amides is 1. The van der Waals surface area contributed by atoms with Gasteiger partial charge in [0.2, 0.25) is 0 Å². The molecule has 2 heterocycles. The van der Waals surface area contributed by atoms with Crippen LogP contribution in [0.5, 0.6) is 0 Å². The van der Waals surface area contributed by atoms with Crippen LogP contribution in [-0.4, -0.2) is 53.9 Å². The highest BCUT2D eigenvalue weighted by Gasteiger charge is 2.14. The fraction of sp³-hybridized carbons (Fsp3) is 0.273. The zero-order chi connectivity index (χ0) is 19.5. The molecule has 3 aromatic rings. The predicted octanol–water partition coefficient (Wildman–Crippen LogP) is 3.89. The van der Waals surface area contributed by atoms with Crippen molar-refractivity contribution in [2.24, 2.45) is 0 Å². The lowest BCUT2D eigenvalue weighted by Gasteiger charge is -2.32. The lowest BCUT2D eigenvalue weighted by atomic mass is 10.1. The zero-order valence-electron chi connectivity index (χ0n) is 15.9. The van der Waals surface area contributed by atoms with Crippen molar-refractivity contribution in [1.82, 2.24) is 14.8 Å². The molecule has 1 saturated heterocycles. The average Bonchev–Trinajstić information content (AvgIpc) is 2.70. The SMILES string of the molecule is CN1CCN(Cc2ccc(NC(=O)c3ccc4nc(Cl)ccc4c3)cc2)CC1. The van der Waals surface area contributed by atoms with Gasteiger partial charge in [-0.2, -0.15) is 0 Å². The van der Waals surface area contributed by atoms with Crippen molar-refractivity contribution in [3.8, 4) is 0 Å². The molecule has 0 radical (unpaired) electrons. The van der Waals surface area contributed by atoms with Crippen LogP contribution in [0.3, 0.4) is 0 Å². The molecule has 1 aliphatic rings. The van der Waals surface area contributed by atoms with Gasteiger partial charge in [-0.1, -0.05) is 23.7 Å². The smallest absolute Gasteiger partial charge is 0.255 e. The van der Waals surface area contributed by atoms with Gasteiger partial charge in [-0.25, -0.2) is 4.98 Å². The number of halogens is 1. The van der Waals surface area contributed by atoms with Crippen molar-refractivity contribution in [2.45, 2.75) is 6.54 Å². The van der Waals surface area contributed by atoms with Crippen molar-refractivity contribution in [2.75, 3.05) is 38.5 Å². The van der Waals surface area contributed by atoms with E-state index in [9.17, 15) is 4.79 Å². The maximum Gasteiger partial charge on any atom is 0.255 e. The Morgan fingerprint density at radius 3 is 2.54 bits per heavy atom. The number of carbonyl (C=O) groups excluding carboxylic acids is 1. The predicted molar refractivity (Wildman–Crippen MR) is 114 cm³/mol. The van der Waals surface area contributed by atoms with Crippen LogP contribution in [0, 0.1) is 0 Å². The lowest BCUT2D eigenvalue weighted by Crippen LogP contribution is -2.43. The van der Waals surface area contributed by atoms with Crippen LogP contribution in [0.2, 0.25) is 5.15 Å². The topological polar surface area (TPSA) is 48.5 Å². The van der Waals surface area contributed by atoms with E-state index >= 15 is 0 Å². The molecular weight excluding hydrogens is 372 g/mol. The molecule has 1 amide bonds. The fourth-order valence-corrected chi connectivity index (χ4v) is 3.56. The maximum absolute atomic E-state index is 12.6. The number of pyridine rings is 1. The van der Waals surface area contributed by atoms with E-state index < -0.39 is 0 Å². The van der Waals surface area contributed by atoms with E-state index in [0.29, 0.717) is 10.7 Å².